The quantitative estimate of drug-likeness (QED) is 0.535. The number of aromatic nitrogens is 3. The molecule has 0 fully saturated rings. The number of rotatable bonds is 6. The number of carbonyl (C=O) groups is 1. The van der Waals surface area contributed by atoms with Crippen LogP contribution in [-0.2, 0) is 20.2 Å². The third kappa shape index (κ3) is 5.54. The number of para-hydroxylation sites is 1. The van der Waals surface area contributed by atoms with Gasteiger partial charge in [-0.25, -0.2) is 19.0 Å². The van der Waals surface area contributed by atoms with Crippen molar-refractivity contribution in [2.75, 3.05) is 18.2 Å². The Bertz CT molecular complexity index is 1360. The summed E-state index contributed by atoms with van der Waals surface area (Å²) in [5.74, 6) is -0.0439. The van der Waals surface area contributed by atoms with Gasteiger partial charge < -0.3 is 19.5 Å². The van der Waals surface area contributed by atoms with Crippen LogP contribution in [0.15, 0.2) is 53.2 Å². The number of ether oxygens (including phenoxy) is 3. The molecule has 0 saturated heterocycles. The Morgan fingerprint density at radius 3 is 2.79 bits per heavy atom. The second kappa shape index (κ2) is 9.17. The zero-order valence-corrected chi connectivity index (χ0v) is 18.8. The number of hydrogen-bond acceptors (Lipinski definition) is 9. The summed E-state index contributed by atoms with van der Waals surface area (Å²) in [5, 5.41) is 2.99. The summed E-state index contributed by atoms with van der Waals surface area (Å²) in [6, 6.07) is 11.3. The topological polar surface area (TPSA) is 125 Å². The largest absolute Gasteiger partial charge is 0.586 e. The predicted molar refractivity (Wildman–Crippen MR) is 118 cm³/mol. The molecule has 4 rings (SSSR count). The SMILES string of the molecule is CCOC(=O)N=S(C)(=O)Cc1cccc(Nc2ncnc(-c3cccc4c3OC(F)(F)O4)n2)c1. The number of halogens is 2. The highest BCUT2D eigenvalue weighted by atomic mass is 32.2. The first-order chi connectivity index (χ1) is 16.1. The van der Waals surface area contributed by atoms with Gasteiger partial charge in [0.15, 0.2) is 17.3 Å². The molecule has 1 unspecified atom stereocenters. The lowest BCUT2D eigenvalue weighted by atomic mass is 10.2. The monoisotopic (exact) mass is 491 g/mol. The van der Waals surface area contributed by atoms with Crippen LogP contribution in [0.4, 0.5) is 25.2 Å². The summed E-state index contributed by atoms with van der Waals surface area (Å²) < 4.78 is 57.1. The molecule has 10 nitrogen and oxygen atoms in total. The summed E-state index contributed by atoms with van der Waals surface area (Å²) >= 11 is 0. The van der Waals surface area contributed by atoms with E-state index in [9.17, 15) is 17.8 Å². The molecule has 2 heterocycles. The van der Waals surface area contributed by atoms with Crippen LogP contribution in [0, 0.1) is 0 Å². The van der Waals surface area contributed by atoms with E-state index in [1.165, 1.54) is 30.8 Å². The van der Waals surface area contributed by atoms with Crippen molar-refractivity contribution in [3.63, 3.8) is 0 Å². The molecule has 0 saturated carbocycles. The molecule has 13 heteroatoms. The predicted octanol–water partition coefficient (Wildman–Crippen LogP) is 4.36. The summed E-state index contributed by atoms with van der Waals surface area (Å²) in [7, 11) is -2.86. The third-order valence-corrected chi connectivity index (χ3v) is 5.80. The number of hydrogen-bond donors (Lipinski definition) is 1. The van der Waals surface area contributed by atoms with Crippen LogP contribution in [-0.4, -0.2) is 44.4 Å². The van der Waals surface area contributed by atoms with E-state index in [4.69, 9.17) is 4.74 Å². The normalized spacial score (nSPS) is 15.3. The second-order valence-electron chi connectivity index (χ2n) is 7.15. The van der Waals surface area contributed by atoms with Crippen LogP contribution in [0.1, 0.15) is 12.5 Å². The van der Waals surface area contributed by atoms with Gasteiger partial charge in [0.25, 0.3) is 0 Å². The Morgan fingerprint density at radius 2 is 2.00 bits per heavy atom. The maximum Gasteiger partial charge on any atom is 0.586 e. The van der Waals surface area contributed by atoms with Crippen molar-refractivity contribution >= 4 is 27.5 Å². The Morgan fingerprint density at radius 1 is 1.21 bits per heavy atom. The van der Waals surface area contributed by atoms with E-state index in [-0.39, 0.29) is 41.2 Å². The van der Waals surface area contributed by atoms with E-state index in [0.29, 0.717) is 11.3 Å². The molecule has 1 aromatic heterocycles. The molecule has 1 N–H and O–H groups in total. The Hall–Kier alpha value is -3.87. The van der Waals surface area contributed by atoms with Crippen LogP contribution in [0.3, 0.4) is 0 Å². The first-order valence-corrected chi connectivity index (χ1v) is 12.0. The van der Waals surface area contributed by atoms with E-state index in [0.717, 1.165) is 0 Å². The van der Waals surface area contributed by atoms with Gasteiger partial charge in [0.05, 0.1) is 27.7 Å². The van der Waals surface area contributed by atoms with Crippen LogP contribution in [0.5, 0.6) is 11.5 Å². The fraction of sp³-hybridized carbons (Fsp3) is 0.238. The molecule has 0 aliphatic carbocycles. The molecule has 1 amide bonds. The van der Waals surface area contributed by atoms with Crippen molar-refractivity contribution in [3.05, 3.63) is 54.4 Å². The minimum absolute atomic E-state index is 0.0193. The van der Waals surface area contributed by atoms with Crippen LogP contribution in [0.2, 0.25) is 0 Å². The van der Waals surface area contributed by atoms with E-state index < -0.39 is 22.1 Å². The Balaban J connectivity index is 1.55. The van der Waals surface area contributed by atoms with Crippen LogP contribution < -0.4 is 14.8 Å². The number of fused-ring (bicyclic) bond motifs is 1. The van der Waals surface area contributed by atoms with Crippen molar-refractivity contribution in [1.82, 2.24) is 15.0 Å². The first-order valence-electron chi connectivity index (χ1n) is 9.95. The van der Waals surface area contributed by atoms with E-state index in [1.54, 1.807) is 31.2 Å². The number of benzene rings is 2. The minimum atomic E-state index is -3.77. The lowest BCUT2D eigenvalue weighted by molar-refractivity contribution is -0.286. The highest BCUT2D eigenvalue weighted by Gasteiger charge is 2.44. The average Bonchev–Trinajstić information content (AvgIpc) is 3.07. The van der Waals surface area contributed by atoms with Gasteiger partial charge in [-0.15, -0.1) is 13.1 Å². The van der Waals surface area contributed by atoms with Crippen molar-refractivity contribution in [3.8, 4) is 22.9 Å². The molecule has 1 atom stereocenters. The molecular formula is C21H19F2N5O5S. The molecule has 3 aromatic rings. The smallest absolute Gasteiger partial charge is 0.448 e. The summed E-state index contributed by atoms with van der Waals surface area (Å²) in [6.07, 6.45) is -2.05. The maximum absolute atomic E-state index is 13.5. The van der Waals surface area contributed by atoms with Crippen molar-refractivity contribution in [2.45, 2.75) is 19.0 Å². The zero-order valence-electron chi connectivity index (χ0n) is 18.0. The summed E-state index contributed by atoms with van der Waals surface area (Å²) in [4.78, 5) is 23.9. The van der Waals surface area contributed by atoms with Gasteiger partial charge >= 0.3 is 12.4 Å². The molecule has 178 valence electrons. The fourth-order valence-electron chi connectivity index (χ4n) is 3.15. The van der Waals surface area contributed by atoms with Gasteiger partial charge in [-0.05, 0) is 36.8 Å². The average molecular weight is 491 g/mol. The minimum Gasteiger partial charge on any atom is -0.448 e. The van der Waals surface area contributed by atoms with Gasteiger partial charge in [-0.3, -0.25) is 0 Å². The molecule has 1 aliphatic heterocycles. The molecule has 0 radical (unpaired) electrons. The molecule has 34 heavy (non-hydrogen) atoms. The Labute approximate surface area is 193 Å². The zero-order chi connectivity index (χ0) is 24.3. The van der Waals surface area contributed by atoms with Crippen molar-refractivity contribution in [2.24, 2.45) is 4.36 Å². The van der Waals surface area contributed by atoms with E-state index in [1.807, 2.05) is 0 Å². The molecule has 2 aromatic carbocycles. The molecule has 0 spiro atoms. The van der Waals surface area contributed by atoms with Gasteiger partial charge in [0.2, 0.25) is 5.95 Å². The number of nitrogens with one attached hydrogen (secondary N) is 1. The summed E-state index contributed by atoms with van der Waals surface area (Å²) in [5.41, 5.74) is 1.42. The number of amides is 1. The van der Waals surface area contributed by atoms with Crippen LogP contribution in [0.25, 0.3) is 11.4 Å². The van der Waals surface area contributed by atoms with E-state index in [2.05, 4.69) is 34.1 Å². The standard InChI is InChI=1S/C21H19F2N5O5S/c1-3-31-20(29)28-34(2,30)11-13-6-4-7-14(10-13)26-19-25-12-24-18(27-19)15-8-5-9-16-17(15)33-21(22,23)32-16/h4-10,12H,3,11H2,1-2H3,(H,24,25,26,27). The molecule has 0 bridgehead atoms. The number of carbonyl (C=O) groups excluding carboxylic acids is 1. The lowest BCUT2D eigenvalue weighted by Gasteiger charge is -2.10. The number of alkyl halides is 2. The maximum atomic E-state index is 13.5. The van der Waals surface area contributed by atoms with Crippen LogP contribution >= 0.6 is 0 Å². The number of anilines is 2. The number of nitrogens with zero attached hydrogens (tertiary/aromatic N) is 4. The van der Waals surface area contributed by atoms with Gasteiger partial charge in [-0.1, -0.05) is 18.2 Å². The third-order valence-electron chi connectivity index (χ3n) is 4.39. The highest BCUT2D eigenvalue weighted by Crippen LogP contribution is 2.46. The van der Waals surface area contributed by atoms with E-state index >= 15 is 0 Å². The second-order valence-corrected chi connectivity index (χ2v) is 9.54. The fourth-order valence-corrected chi connectivity index (χ4v) is 4.38. The van der Waals surface area contributed by atoms with Gasteiger partial charge in [0.1, 0.15) is 6.33 Å². The molecular weight excluding hydrogens is 472 g/mol. The lowest BCUT2D eigenvalue weighted by Crippen LogP contribution is -2.26. The van der Waals surface area contributed by atoms with Gasteiger partial charge in [0, 0.05) is 11.9 Å². The van der Waals surface area contributed by atoms with Crippen molar-refractivity contribution in [1.29, 1.82) is 0 Å². The molecule has 1 aliphatic rings. The first kappa shape index (κ1) is 23.3. The summed E-state index contributed by atoms with van der Waals surface area (Å²) in [6.45, 7) is 1.77. The van der Waals surface area contributed by atoms with Gasteiger partial charge in [-0.2, -0.15) is 4.98 Å². The highest BCUT2D eigenvalue weighted by molar-refractivity contribution is 7.92. The Kier molecular flexibility index (Phi) is 6.28. The van der Waals surface area contributed by atoms with Crippen molar-refractivity contribution < 1.29 is 32.0 Å².